The molecule has 0 spiro atoms. The minimum absolute atomic E-state index is 0.577. The first kappa shape index (κ1) is 25.5. The van der Waals surface area contributed by atoms with E-state index in [-0.39, 0.29) is 0 Å². The first-order valence-electron chi connectivity index (χ1n) is 11.5. The molecule has 0 aliphatic rings. The average Bonchev–Trinajstić information content (AvgIpc) is 3.31. The van der Waals surface area contributed by atoms with Crippen LogP contribution in [0.25, 0.3) is 5.70 Å². The molecule has 0 aromatic carbocycles. The van der Waals surface area contributed by atoms with E-state index in [1.807, 2.05) is 32.2 Å². The van der Waals surface area contributed by atoms with Gasteiger partial charge in [0.05, 0.1) is 40.7 Å². The first-order chi connectivity index (χ1) is 16.1. The molecule has 0 radical (unpaired) electrons. The normalized spacial score (nSPS) is 9.82. The van der Waals surface area contributed by atoms with Gasteiger partial charge in [-0.3, -0.25) is 10.1 Å². The van der Waals surface area contributed by atoms with Crippen molar-refractivity contribution >= 4 is 22.9 Å². The molecule has 4 N–H and O–H groups in total. The van der Waals surface area contributed by atoms with Crippen LogP contribution in [0, 0.1) is 11.8 Å². The number of anilines is 3. The number of nitrogens with one attached hydrogen (secondary N) is 2. The number of aromatic amines is 1. The summed E-state index contributed by atoms with van der Waals surface area (Å²) in [4.78, 5) is 11.0. The minimum atomic E-state index is 0.577. The van der Waals surface area contributed by atoms with Gasteiger partial charge >= 0.3 is 0 Å². The van der Waals surface area contributed by atoms with Crippen molar-refractivity contribution < 1.29 is 0 Å². The molecule has 3 rings (SSSR count). The lowest BCUT2D eigenvalue weighted by molar-refractivity contribution is 0.696. The summed E-state index contributed by atoms with van der Waals surface area (Å²) < 4.78 is 0. The van der Waals surface area contributed by atoms with Crippen LogP contribution in [0.5, 0.6) is 0 Å². The smallest absolute Gasteiger partial charge is 0.128 e. The van der Waals surface area contributed by atoms with Crippen LogP contribution in [0.2, 0.25) is 0 Å². The lowest BCUT2D eigenvalue weighted by atomic mass is 10.2. The van der Waals surface area contributed by atoms with Gasteiger partial charge in [0, 0.05) is 31.0 Å². The Hall–Kier alpha value is -3.79. The van der Waals surface area contributed by atoms with Crippen molar-refractivity contribution in [1.82, 2.24) is 20.2 Å². The van der Waals surface area contributed by atoms with Gasteiger partial charge in [-0.25, -0.2) is 4.98 Å². The quantitative estimate of drug-likeness (QED) is 0.387. The molecule has 0 saturated carbocycles. The third-order valence-corrected chi connectivity index (χ3v) is 4.68. The SMILES string of the molecule is C=C(Nc1ccc(N(CCC)CCCC)nc1)c1[nH]ncc1C#Cc1cncc(N)c1.CC. The minimum Gasteiger partial charge on any atom is -0.397 e. The number of unbranched alkanes of at least 4 members (excludes halogenated alkanes) is 1. The van der Waals surface area contributed by atoms with Crippen LogP contribution in [-0.2, 0) is 0 Å². The zero-order valence-electron chi connectivity index (χ0n) is 20.2. The Bertz CT molecular complexity index is 1060. The average molecular weight is 446 g/mol. The van der Waals surface area contributed by atoms with E-state index in [4.69, 9.17) is 5.73 Å². The fourth-order valence-corrected chi connectivity index (χ4v) is 3.12. The van der Waals surface area contributed by atoms with Crippen LogP contribution in [0.1, 0.15) is 63.8 Å². The number of nitrogen functional groups attached to an aromatic ring is 1. The number of pyridine rings is 2. The van der Waals surface area contributed by atoms with E-state index in [1.165, 1.54) is 6.42 Å². The number of nitrogens with two attached hydrogens (primary N) is 1. The Balaban J connectivity index is 0.00000187. The summed E-state index contributed by atoms with van der Waals surface area (Å²) >= 11 is 0. The van der Waals surface area contributed by atoms with Crippen molar-refractivity contribution in [2.45, 2.75) is 47.0 Å². The first-order valence-corrected chi connectivity index (χ1v) is 11.5. The molecule has 33 heavy (non-hydrogen) atoms. The molecule has 0 atom stereocenters. The standard InChI is InChI=1S/C24H29N7.C2H6/c1-4-6-12-31(11-5-2)23-10-9-22(17-27-23)29-18(3)24-20(15-28-30-24)8-7-19-13-21(25)16-26-14-19;1-2/h9-10,13-17,29H,3-6,11-12,25H2,1-2H3,(H,28,30);1-2H3. The van der Waals surface area contributed by atoms with Gasteiger partial charge in [-0.2, -0.15) is 5.10 Å². The highest BCUT2D eigenvalue weighted by Crippen LogP contribution is 2.20. The van der Waals surface area contributed by atoms with E-state index in [0.29, 0.717) is 11.4 Å². The monoisotopic (exact) mass is 445 g/mol. The van der Waals surface area contributed by atoms with E-state index in [1.54, 1.807) is 24.7 Å². The van der Waals surface area contributed by atoms with Crippen molar-refractivity contribution in [1.29, 1.82) is 0 Å². The maximum atomic E-state index is 5.76. The van der Waals surface area contributed by atoms with E-state index in [9.17, 15) is 0 Å². The molecule has 0 unspecified atom stereocenters. The molecule has 7 nitrogen and oxygen atoms in total. The van der Waals surface area contributed by atoms with Gasteiger partial charge in [0.15, 0.2) is 0 Å². The summed E-state index contributed by atoms with van der Waals surface area (Å²) in [6.45, 7) is 14.5. The van der Waals surface area contributed by atoms with Crippen LogP contribution in [0.3, 0.4) is 0 Å². The molecule has 0 amide bonds. The third kappa shape index (κ3) is 7.69. The molecular weight excluding hydrogens is 410 g/mol. The van der Waals surface area contributed by atoms with E-state index in [0.717, 1.165) is 54.3 Å². The lowest BCUT2D eigenvalue weighted by Gasteiger charge is -2.23. The fraction of sp³-hybridized carbons (Fsp3) is 0.346. The predicted molar refractivity (Wildman–Crippen MR) is 139 cm³/mol. The predicted octanol–water partition coefficient (Wildman–Crippen LogP) is 5.31. The van der Waals surface area contributed by atoms with Crippen LogP contribution >= 0.6 is 0 Å². The van der Waals surface area contributed by atoms with E-state index >= 15 is 0 Å². The van der Waals surface area contributed by atoms with Gasteiger partial charge in [-0.05, 0) is 31.0 Å². The van der Waals surface area contributed by atoms with Gasteiger partial charge in [-0.1, -0.05) is 52.5 Å². The Morgan fingerprint density at radius 1 is 1.09 bits per heavy atom. The molecule has 0 saturated heterocycles. The summed E-state index contributed by atoms with van der Waals surface area (Å²) in [6, 6.07) is 5.84. The van der Waals surface area contributed by atoms with Crippen molar-refractivity contribution in [2.24, 2.45) is 0 Å². The molecule has 0 bridgehead atoms. The Morgan fingerprint density at radius 3 is 2.58 bits per heavy atom. The molecule has 0 fully saturated rings. The highest BCUT2D eigenvalue weighted by molar-refractivity contribution is 5.76. The third-order valence-electron chi connectivity index (χ3n) is 4.68. The second kappa shape index (κ2) is 13.6. The van der Waals surface area contributed by atoms with Gasteiger partial charge in [0.2, 0.25) is 0 Å². The molecule has 7 heteroatoms. The number of nitrogens with zero attached hydrogens (tertiary/aromatic N) is 4. The van der Waals surface area contributed by atoms with Crippen LogP contribution in [0.15, 0.2) is 49.6 Å². The molecule has 3 heterocycles. The zero-order valence-corrected chi connectivity index (χ0v) is 20.2. The van der Waals surface area contributed by atoms with E-state index in [2.05, 4.69) is 62.6 Å². The second-order valence-corrected chi connectivity index (χ2v) is 7.26. The summed E-state index contributed by atoms with van der Waals surface area (Å²) in [5, 5.41) is 10.4. The highest BCUT2D eigenvalue weighted by atomic mass is 15.2. The van der Waals surface area contributed by atoms with Gasteiger partial charge in [0.1, 0.15) is 5.82 Å². The Morgan fingerprint density at radius 2 is 1.91 bits per heavy atom. The van der Waals surface area contributed by atoms with Crippen molar-refractivity contribution in [3.05, 3.63) is 66.4 Å². The van der Waals surface area contributed by atoms with Crippen molar-refractivity contribution in [3.63, 3.8) is 0 Å². The van der Waals surface area contributed by atoms with Crippen molar-refractivity contribution in [3.8, 4) is 11.8 Å². The maximum absolute atomic E-state index is 5.76. The largest absolute Gasteiger partial charge is 0.397 e. The molecule has 0 aliphatic heterocycles. The zero-order chi connectivity index (χ0) is 24.1. The molecule has 0 aliphatic carbocycles. The summed E-state index contributed by atoms with van der Waals surface area (Å²) in [5.41, 5.74) is 10.1. The Labute approximate surface area is 197 Å². The van der Waals surface area contributed by atoms with E-state index < -0.39 is 0 Å². The lowest BCUT2D eigenvalue weighted by Crippen LogP contribution is -2.26. The fourth-order valence-electron chi connectivity index (χ4n) is 3.12. The van der Waals surface area contributed by atoms with Gasteiger partial charge in [-0.15, -0.1) is 0 Å². The summed E-state index contributed by atoms with van der Waals surface area (Å²) in [5.74, 6) is 7.15. The van der Waals surface area contributed by atoms with Gasteiger partial charge in [0.25, 0.3) is 0 Å². The number of hydrogen-bond donors (Lipinski definition) is 3. The Kier molecular flexibility index (Phi) is 10.5. The number of hydrogen-bond acceptors (Lipinski definition) is 6. The second-order valence-electron chi connectivity index (χ2n) is 7.26. The summed E-state index contributed by atoms with van der Waals surface area (Å²) in [7, 11) is 0. The van der Waals surface area contributed by atoms with Crippen molar-refractivity contribution in [2.75, 3.05) is 29.0 Å². The van der Waals surface area contributed by atoms with Gasteiger partial charge < -0.3 is 16.0 Å². The molecular formula is C26H35N7. The molecule has 174 valence electrons. The molecule has 3 aromatic heterocycles. The number of rotatable bonds is 9. The summed E-state index contributed by atoms with van der Waals surface area (Å²) in [6.07, 6.45) is 10.2. The van der Waals surface area contributed by atoms with Crippen LogP contribution in [0.4, 0.5) is 17.2 Å². The topological polar surface area (TPSA) is 95.8 Å². The highest BCUT2D eigenvalue weighted by Gasteiger charge is 2.10. The van der Waals surface area contributed by atoms with Crippen LogP contribution in [-0.4, -0.2) is 33.3 Å². The number of aromatic nitrogens is 4. The molecule has 3 aromatic rings. The maximum Gasteiger partial charge on any atom is 0.128 e. The van der Waals surface area contributed by atoms with Crippen LogP contribution < -0.4 is 16.0 Å². The number of H-pyrrole nitrogens is 1.